The number of hydrogen-bond acceptors (Lipinski definition) is 1. The van der Waals surface area contributed by atoms with Crippen molar-refractivity contribution in [1.82, 2.24) is 0 Å². The molecule has 4 aliphatic carbocycles. The van der Waals surface area contributed by atoms with Crippen molar-refractivity contribution in [2.24, 2.45) is 40.2 Å². The van der Waals surface area contributed by atoms with Gasteiger partial charge in [-0.15, -0.1) is 0 Å². The quantitative estimate of drug-likeness (QED) is 0.759. The van der Waals surface area contributed by atoms with Gasteiger partial charge in [0.25, 0.3) is 0 Å². The maximum atomic E-state index is 5.97. The van der Waals surface area contributed by atoms with Gasteiger partial charge in [0, 0.05) is 0 Å². The van der Waals surface area contributed by atoms with Crippen molar-refractivity contribution in [1.29, 1.82) is 0 Å². The van der Waals surface area contributed by atoms with Gasteiger partial charge in [-0.3, -0.25) is 0 Å². The van der Waals surface area contributed by atoms with Crippen LogP contribution in [0.15, 0.2) is 0 Å². The van der Waals surface area contributed by atoms with E-state index >= 15 is 0 Å². The van der Waals surface area contributed by atoms with Crippen LogP contribution in [0.5, 0.6) is 0 Å². The van der Waals surface area contributed by atoms with Crippen molar-refractivity contribution < 1.29 is 0 Å². The maximum Gasteiger partial charge on any atom is -0.00462 e. The average Bonchev–Trinajstić information content (AvgIpc) is 2.22. The van der Waals surface area contributed by atoms with E-state index in [-0.39, 0.29) is 0 Å². The van der Waals surface area contributed by atoms with Crippen LogP contribution in [0.25, 0.3) is 0 Å². The highest BCUT2D eigenvalue weighted by atomic mass is 14.7. The molecule has 0 spiro atoms. The summed E-state index contributed by atoms with van der Waals surface area (Å²) in [5.74, 6) is 3.76. The fraction of sp³-hybridized carbons (Fsp3) is 1.00. The largest absolute Gasteiger partial charge is 0.330 e. The topological polar surface area (TPSA) is 26.0 Å². The molecule has 0 aromatic heterocycles. The molecule has 3 unspecified atom stereocenters. The molecular weight excluding hydrogens is 194 g/mol. The van der Waals surface area contributed by atoms with E-state index in [1.165, 1.54) is 32.1 Å². The predicted molar refractivity (Wildman–Crippen MR) is 68.0 cm³/mol. The summed E-state index contributed by atoms with van der Waals surface area (Å²) in [5, 5.41) is 0. The minimum atomic E-state index is 0.627. The number of nitrogens with two attached hydrogens (primary N) is 1. The average molecular weight is 221 g/mol. The van der Waals surface area contributed by atoms with Crippen LogP contribution in [-0.4, -0.2) is 6.54 Å². The molecule has 92 valence electrons. The Bertz CT molecular complexity index is 280. The smallest absolute Gasteiger partial charge is 0.00462 e. The highest BCUT2D eigenvalue weighted by Crippen LogP contribution is 2.68. The SMILES string of the molecule is CC1C2CC3(C)CC1CC(C(C)CN)(C2)C3. The minimum Gasteiger partial charge on any atom is -0.330 e. The van der Waals surface area contributed by atoms with Gasteiger partial charge >= 0.3 is 0 Å². The van der Waals surface area contributed by atoms with Crippen LogP contribution in [0.3, 0.4) is 0 Å². The first kappa shape index (κ1) is 11.1. The molecule has 4 aliphatic rings. The van der Waals surface area contributed by atoms with Gasteiger partial charge in [0.2, 0.25) is 0 Å². The number of rotatable bonds is 2. The van der Waals surface area contributed by atoms with Crippen LogP contribution >= 0.6 is 0 Å². The van der Waals surface area contributed by atoms with E-state index in [2.05, 4.69) is 20.8 Å². The van der Waals surface area contributed by atoms with Gasteiger partial charge in [-0.25, -0.2) is 0 Å². The molecule has 4 saturated carbocycles. The molecule has 3 atom stereocenters. The van der Waals surface area contributed by atoms with Gasteiger partial charge < -0.3 is 5.73 Å². The van der Waals surface area contributed by atoms with E-state index in [0.29, 0.717) is 10.8 Å². The van der Waals surface area contributed by atoms with Gasteiger partial charge in [-0.1, -0.05) is 20.8 Å². The van der Waals surface area contributed by atoms with Gasteiger partial charge in [-0.2, -0.15) is 0 Å². The molecular formula is C15H27N. The summed E-state index contributed by atoms with van der Waals surface area (Å²) in [5.41, 5.74) is 7.27. The Labute approximate surface area is 100 Å². The first-order valence-corrected chi connectivity index (χ1v) is 7.18. The third-order valence-electron chi connectivity index (χ3n) is 6.51. The Balaban J connectivity index is 1.94. The second-order valence-corrected chi connectivity index (χ2v) is 7.68. The molecule has 0 amide bonds. The summed E-state index contributed by atoms with van der Waals surface area (Å²) in [7, 11) is 0. The van der Waals surface area contributed by atoms with Crippen molar-refractivity contribution in [3.8, 4) is 0 Å². The van der Waals surface area contributed by atoms with Gasteiger partial charge in [0.05, 0.1) is 0 Å². The lowest BCUT2D eigenvalue weighted by Gasteiger charge is -2.65. The summed E-state index contributed by atoms with van der Waals surface area (Å²) in [6, 6.07) is 0. The van der Waals surface area contributed by atoms with Crippen molar-refractivity contribution in [2.75, 3.05) is 6.54 Å². The van der Waals surface area contributed by atoms with Gasteiger partial charge in [-0.05, 0) is 73.2 Å². The standard InChI is InChI=1S/C15H27N/c1-10(8-16)15-6-12-4-14(3,9-15)5-13(7-15)11(12)2/h10-13H,4-9,16H2,1-3H3. The molecule has 0 aromatic rings. The molecule has 2 N–H and O–H groups in total. The Morgan fingerprint density at radius 1 is 1.19 bits per heavy atom. The van der Waals surface area contributed by atoms with Gasteiger partial charge in [0.15, 0.2) is 0 Å². The third kappa shape index (κ3) is 1.33. The highest BCUT2D eigenvalue weighted by molar-refractivity contribution is 5.09. The second kappa shape index (κ2) is 3.25. The molecule has 0 saturated heterocycles. The van der Waals surface area contributed by atoms with Crippen molar-refractivity contribution in [3.05, 3.63) is 0 Å². The zero-order valence-corrected chi connectivity index (χ0v) is 11.1. The summed E-state index contributed by atoms with van der Waals surface area (Å²) in [6.45, 7) is 8.36. The van der Waals surface area contributed by atoms with E-state index in [1.54, 1.807) is 0 Å². The first-order chi connectivity index (χ1) is 7.48. The van der Waals surface area contributed by atoms with Crippen LogP contribution in [0.2, 0.25) is 0 Å². The van der Waals surface area contributed by atoms with E-state index in [0.717, 1.165) is 30.2 Å². The van der Waals surface area contributed by atoms with Crippen molar-refractivity contribution in [3.63, 3.8) is 0 Å². The molecule has 4 bridgehead atoms. The molecule has 0 aliphatic heterocycles. The normalized spacial score (nSPS) is 56.6. The van der Waals surface area contributed by atoms with Crippen molar-refractivity contribution >= 4 is 0 Å². The lowest BCUT2D eigenvalue weighted by atomic mass is 9.40. The lowest BCUT2D eigenvalue weighted by molar-refractivity contribution is -0.152. The van der Waals surface area contributed by atoms with E-state index < -0.39 is 0 Å². The van der Waals surface area contributed by atoms with Crippen LogP contribution in [0.4, 0.5) is 0 Å². The zero-order chi connectivity index (χ0) is 11.6. The Kier molecular flexibility index (Phi) is 2.25. The predicted octanol–water partition coefficient (Wildman–Crippen LogP) is 3.43. The van der Waals surface area contributed by atoms with Crippen LogP contribution in [0, 0.1) is 34.5 Å². The minimum absolute atomic E-state index is 0.627. The van der Waals surface area contributed by atoms with E-state index in [9.17, 15) is 0 Å². The molecule has 4 fully saturated rings. The highest BCUT2D eigenvalue weighted by Gasteiger charge is 2.59. The summed E-state index contributed by atoms with van der Waals surface area (Å²) in [6.07, 6.45) is 7.45. The maximum absolute atomic E-state index is 5.97. The Morgan fingerprint density at radius 3 is 2.25 bits per heavy atom. The molecule has 1 nitrogen and oxygen atoms in total. The first-order valence-electron chi connectivity index (χ1n) is 7.18. The second-order valence-electron chi connectivity index (χ2n) is 7.68. The molecule has 0 heterocycles. The third-order valence-corrected chi connectivity index (χ3v) is 6.51. The molecule has 4 rings (SSSR count). The monoisotopic (exact) mass is 221 g/mol. The van der Waals surface area contributed by atoms with E-state index in [1.807, 2.05) is 0 Å². The number of hydrogen-bond donors (Lipinski definition) is 1. The van der Waals surface area contributed by atoms with E-state index in [4.69, 9.17) is 5.73 Å². The Hall–Kier alpha value is -0.0400. The summed E-state index contributed by atoms with van der Waals surface area (Å²) < 4.78 is 0. The zero-order valence-electron chi connectivity index (χ0n) is 11.1. The molecule has 16 heavy (non-hydrogen) atoms. The van der Waals surface area contributed by atoms with Crippen molar-refractivity contribution in [2.45, 2.75) is 52.9 Å². The molecule has 1 heteroatoms. The Morgan fingerprint density at radius 2 is 1.75 bits per heavy atom. The van der Waals surface area contributed by atoms with Gasteiger partial charge in [0.1, 0.15) is 0 Å². The fourth-order valence-corrected chi connectivity index (χ4v) is 5.71. The lowest BCUT2D eigenvalue weighted by Crippen LogP contribution is -2.57. The molecule has 0 radical (unpaired) electrons. The van der Waals surface area contributed by atoms with Crippen LogP contribution < -0.4 is 5.73 Å². The fourth-order valence-electron chi connectivity index (χ4n) is 5.71. The molecule has 0 aromatic carbocycles. The van der Waals surface area contributed by atoms with Crippen LogP contribution in [0.1, 0.15) is 52.9 Å². The summed E-state index contributed by atoms with van der Waals surface area (Å²) >= 11 is 0. The van der Waals surface area contributed by atoms with Crippen LogP contribution in [-0.2, 0) is 0 Å². The summed E-state index contributed by atoms with van der Waals surface area (Å²) in [4.78, 5) is 0.